The summed E-state index contributed by atoms with van der Waals surface area (Å²) in [5, 5.41) is 0.545. The van der Waals surface area contributed by atoms with Gasteiger partial charge in [-0.15, -0.1) is 0 Å². The first-order valence-electron chi connectivity index (χ1n) is 12.5. The zero-order valence-corrected chi connectivity index (χ0v) is 21.3. The van der Waals surface area contributed by atoms with E-state index in [0.717, 1.165) is 42.7 Å². The molecule has 0 N–H and O–H groups in total. The van der Waals surface area contributed by atoms with Crippen molar-refractivity contribution < 1.29 is 9.21 Å². The molecule has 2 heterocycles. The minimum atomic E-state index is -0.428. The molecule has 1 aliphatic heterocycles. The zero-order valence-electron chi connectivity index (χ0n) is 21.3. The zero-order chi connectivity index (χ0) is 24.6. The summed E-state index contributed by atoms with van der Waals surface area (Å²) in [5.74, 6) is 0.420. The molecule has 0 bridgehead atoms. The van der Waals surface area contributed by atoms with Crippen molar-refractivity contribution >= 4 is 16.9 Å². The topological polar surface area (TPSA) is 53.8 Å². The molecular formula is C29H36N2O3. The average molecular weight is 461 g/mol. The number of hydrogen-bond donors (Lipinski definition) is 0. The largest absolute Gasteiger partial charge is 0.450 e. The lowest BCUT2D eigenvalue weighted by atomic mass is 9.95. The smallest absolute Gasteiger partial charge is 0.290 e. The van der Waals surface area contributed by atoms with E-state index in [9.17, 15) is 9.59 Å². The number of aryl methyl sites for hydroxylation is 2. The first kappa shape index (κ1) is 24.2. The van der Waals surface area contributed by atoms with Crippen molar-refractivity contribution in [2.75, 3.05) is 26.2 Å². The number of amides is 1. The van der Waals surface area contributed by atoms with E-state index in [2.05, 4.69) is 56.9 Å². The van der Waals surface area contributed by atoms with Crippen molar-refractivity contribution in [2.45, 2.75) is 59.9 Å². The average Bonchev–Trinajstić information content (AvgIpc) is 3.10. The highest BCUT2D eigenvalue weighted by atomic mass is 16.3. The third-order valence-electron chi connectivity index (χ3n) is 7.27. The molecule has 0 aliphatic carbocycles. The van der Waals surface area contributed by atoms with Gasteiger partial charge in [0, 0.05) is 6.54 Å². The van der Waals surface area contributed by atoms with Crippen LogP contribution in [0.3, 0.4) is 0 Å². The van der Waals surface area contributed by atoms with Crippen LogP contribution in [0.15, 0.2) is 45.6 Å². The fraction of sp³-hybridized carbons (Fsp3) is 0.448. The highest BCUT2D eigenvalue weighted by Crippen LogP contribution is 2.38. The molecule has 1 atom stereocenters. The third kappa shape index (κ3) is 4.29. The lowest BCUT2D eigenvalue weighted by Gasteiger charge is -2.27. The highest BCUT2D eigenvalue weighted by Gasteiger charge is 2.42. The molecule has 1 amide bonds. The second kappa shape index (κ2) is 9.75. The third-order valence-corrected chi connectivity index (χ3v) is 7.27. The van der Waals surface area contributed by atoms with Crippen LogP contribution in [0.5, 0.6) is 0 Å². The van der Waals surface area contributed by atoms with E-state index >= 15 is 0 Å². The molecule has 1 unspecified atom stereocenters. The van der Waals surface area contributed by atoms with Crippen LogP contribution in [0.1, 0.15) is 84.4 Å². The Hall–Kier alpha value is -2.92. The highest BCUT2D eigenvalue weighted by molar-refractivity contribution is 5.99. The van der Waals surface area contributed by atoms with Gasteiger partial charge in [0.1, 0.15) is 5.58 Å². The van der Waals surface area contributed by atoms with Crippen LogP contribution in [0, 0.1) is 13.8 Å². The van der Waals surface area contributed by atoms with Gasteiger partial charge in [0.15, 0.2) is 5.43 Å². The molecule has 0 saturated carbocycles. The van der Waals surface area contributed by atoms with Gasteiger partial charge in [-0.3, -0.25) is 9.59 Å². The number of fused-ring (bicyclic) bond motifs is 2. The number of carbonyl (C=O) groups excluding carboxylic acids is 1. The minimum absolute atomic E-state index is 0.100. The summed E-state index contributed by atoms with van der Waals surface area (Å²) in [7, 11) is 0. The van der Waals surface area contributed by atoms with Crippen molar-refractivity contribution in [3.8, 4) is 0 Å². The molecule has 1 aromatic heterocycles. The summed E-state index contributed by atoms with van der Waals surface area (Å²) in [6.07, 6.45) is 0.841. The first-order chi connectivity index (χ1) is 16.3. The predicted molar refractivity (Wildman–Crippen MR) is 138 cm³/mol. The Kier molecular flexibility index (Phi) is 6.94. The van der Waals surface area contributed by atoms with Gasteiger partial charge in [-0.05, 0) is 80.2 Å². The fourth-order valence-corrected chi connectivity index (χ4v) is 4.92. The van der Waals surface area contributed by atoms with E-state index in [4.69, 9.17) is 4.42 Å². The number of rotatable bonds is 8. The number of benzene rings is 2. The van der Waals surface area contributed by atoms with Crippen LogP contribution in [-0.4, -0.2) is 41.9 Å². The van der Waals surface area contributed by atoms with Crippen molar-refractivity contribution in [3.05, 3.63) is 80.2 Å². The quantitative estimate of drug-likeness (QED) is 0.426. The van der Waals surface area contributed by atoms with Gasteiger partial charge < -0.3 is 14.2 Å². The maximum absolute atomic E-state index is 13.8. The molecular weight excluding hydrogens is 424 g/mol. The summed E-state index contributed by atoms with van der Waals surface area (Å²) in [5.41, 5.74) is 5.13. The molecule has 0 radical (unpaired) electrons. The lowest BCUT2D eigenvalue weighted by molar-refractivity contribution is 0.0720. The Balaban J connectivity index is 1.82. The molecule has 34 heavy (non-hydrogen) atoms. The van der Waals surface area contributed by atoms with Crippen LogP contribution in [0.2, 0.25) is 0 Å². The van der Waals surface area contributed by atoms with E-state index in [1.54, 1.807) is 0 Å². The van der Waals surface area contributed by atoms with Crippen molar-refractivity contribution in [1.82, 2.24) is 9.80 Å². The van der Waals surface area contributed by atoms with Crippen molar-refractivity contribution in [2.24, 2.45) is 0 Å². The standard InChI is InChI=1S/C29H36N2O3/c1-7-30(8-2)14-9-15-31-26(22-12-10-21(11-13-22)18(3)4)25-27(32)23-16-19(5)20(6)17-24(23)34-28(25)29(31)33/h10-13,16-18,26H,7-9,14-15H2,1-6H3. The molecule has 5 nitrogen and oxygen atoms in total. The summed E-state index contributed by atoms with van der Waals surface area (Å²) in [6.45, 7) is 16.1. The van der Waals surface area contributed by atoms with Gasteiger partial charge in [-0.1, -0.05) is 52.0 Å². The van der Waals surface area contributed by atoms with E-state index in [-0.39, 0.29) is 17.1 Å². The van der Waals surface area contributed by atoms with Crippen molar-refractivity contribution in [1.29, 1.82) is 0 Å². The molecule has 3 aromatic rings. The van der Waals surface area contributed by atoms with Gasteiger partial charge in [-0.25, -0.2) is 0 Å². The fourth-order valence-electron chi connectivity index (χ4n) is 4.92. The Morgan fingerprint density at radius 3 is 2.26 bits per heavy atom. The lowest BCUT2D eigenvalue weighted by Crippen LogP contribution is -2.33. The molecule has 0 spiro atoms. The second-order valence-corrected chi connectivity index (χ2v) is 9.71. The van der Waals surface area contributed by atoms with Gasteiger partial charge in [0.25, 0.3) is 5.91 Å². The van der Waals surface area contributed by atoms with E-state index < -0.39 is 6.04 Å². The van der Waals surface area contributed by atoms with Crippen LogP contribution in [0.4, 0.5) is 0 Å². The Morgan fingerprint density at radius 1 is 1.00 bits per heavy atom. The van der Waals surface area contributed by atoms with Crippen LogP contribution >= 0.6 is 0 Å². The molecule has 4 rings (SSSR count). The Morgan fingerprint density at radius 2 is 1.65 bits per heavy atom. The van der Waals surface area contributed by atoms with E-state index in [1.807, 2.05) is 30.9 Å². The molecule has 2 aromatic carbocycles. The van der Waals surface area contributed by atoms with Crippen LogP contribution in [-0.2, 0) is 0 Å². The Bertz CT molecular complexity index is 1250. The second-order valence-electron chi connectivity index (χ2n) is 9.71. The summed E-state index contributed by atoms with van der Waals surface area (Å²) in [6, 6.07) is 11.7. The van der Waals surface area contributed by atoms with Gasteiger partial charge in [0.2, 0.25) is 5.76 Å². The summed E-state index contributed by atoms with van der Waals surface area (Å²) in [4.78, 5) is 31.5. The minimum Gasteiger partial charge on any atom is -0.450 e. The van der Waals surface area contributed by atoms with E-state index in [1.165, 1.54) is 5.56 Å². The number of carbonyl (C=O) groups is 1. The predicted octanol–water partition coefficient (Wildman–Crippen LogP) is 5.81. The number of hydrogen-bond acceptors (Lipinski definition) is 4. The first-order valence-corrected chi connectivity index (χ1v) is 12.5. The SMILES string of the molecule is CCN(CC)CCCN1C(=O)c2oc3cc(C)c(C)cc3c(=O)c2C1c1ccc(C(C)C)cc1. The van der Waals surface area contributed by atoms with Gasteiger partial charge in [-0.2, -0.15) is 0 Å². The normalized spacial score (nSPS) is 15.7. The molecule has 0 saturated heterocycles. The van der Waals surface area contributed by atoms with E-state index in [0.29, 0.717) is 29.0 Å². The van der Waals surface area contributed by atoms with Gasteiger partial charge >= 0.3 is 0 Å². The van der Waals surface area contributed by atoms with Crippen molar-refractivity contribution in [3.63, 3.8) is 0 Å². The molecule has 0 fully saturated rings. The maximum Gasteiger partial charge on any atom is 0.290 e. The molecule has 5 heteroatoms. The van der Waals surface area contributed by atoms with Crippen LogP contribution in [0.25, 0.3) is 11.0 Å². The summed E-state index contributed by atoms with van der Waals surface area (Å²) < 4.78 is 6.15. The monoisotopic (exact) mass is 460 g/mol. The van der Waals surface area contributed by atoms with Gasteiger partial charge in [0.05, 0.1) is 17.0 Å². The maximum atomic E-state index is 13.8. The number of nitrogens with zero attached hydrogens (tertiary/aromatic N) is 2. The Labute approximate surface area is 202 Å². The summed E-state index contributed by atoms with van der Waals surface area (Å²) >= 11 is 0. The molecule has 180 valence electrons. The molecule has 1 aliphatic rings. The van der Waals surface area contributed by atoms with Crippen LogP contribution < -0.4 is 5.43 Å².